The Labute approximate surface area is 91.0 Å². The van der Waals surface area contributed by atoms with Crippen LogP contribution >= 0.6 is 0 Å². The summed E-state index contributed by atoms with van der Waals surface area (Å²) in [6.45, 7) is 1.22. The van der Waals surface area contributed by atoms with E-state index in [0.717, 1.165) is 25.0 Å². The molecule has 6 heteroatoms. The number of benzene rings is 1. The zero-order chi connectivity index (χ0) is 11.5. The largest absolute Gasteiger partial charge is 0.330 e. The normalized spacial score (nSPS) is 11.2. The SMILES string of the molecule is NCCCCn1nnc2cc(F)c(F)cc21. The van der Waals surface area contributed by atoms with Crippen LogP contribution in [-0.2, 0) is 6.54 Å². The van der Waals surface area contributed by atoms with E-state index in [2.05, 4.69) is 10.3 Å². The number of fused-ring (bicyclic) bond motifs is 1. The van der Waals surface area contributed by atoms with Crippen molar-refractivity contribution in [2.24, 2.45) is 5.73 Å². The molecule has 0 amide bonds. The molecule has 0 unspecified atom stereocenters. The second-order valence-electron chi connectivity index (χ2n) is 3.56. The topological polar surface area (TPSA) is 56.7 Å². The number of aromatic nitrogens is 3. The first kappa shape index (κ1) is 10.9. The third kappa shape index (κ3) is 2.01. The second-order valence-corrected chi connectivity index (χ2v) is 3.56. The first-order valence-corrected chi connectivity index (χ1v) is 5.10. The lowest BCUT2D eigenvalue weighted by molar-refractivity contribution is 0.509. The van der Waals surface area contributed by atoms with Gasteiger partial charge in [0.1, 0.15) is 5.52 Å². The molecule has 0 fully saturated rings. The van der Waals surface area contributed by atoms with Gasteiger partial charge in [-0.3, -0.25) is 0 Å². The van der Waals surface area contributed by atoms with Gasteiger partial charge in [0.25, 0.3) is 0 Å². The minimum atomic E-state index is -0.901. The third-order valence-corrected chi connectivity index (χ3v) is 2.38. The Hall–Kier alpha value is -1.56. The van der Waals surface area contributed by atoms with Crippen molar-refractivity contribution in [2.45, 2.75) is 19.4 Å². The van der Waals surface area contributed by atoms with Gasteiger partial charge in [0.15, 0.2) is 11.6 Å². The van der Waals surface area contributed by atoms with Crippen LogP contribution < -0.4 is 5.73 Å². The number of hydrogen-bond acceptors (Lipinski definition) is 3. The number of aryl methyl sites for hydroxylation is 1. The van der Waals surface area contributed by atoms with E-state index in [1.807, 2.05) is 0 Å². The van der Waals surface area contributed by atoms with Crippen LogP contribution in [0.4, 0.5) is 8.78 Å². The van der Waals surface area contributed by atoms with Crippen molar-refractivity contribution >= 4 is 11.0 Å². The van der Waals surface area contributed by atoms with Crippen LogP contribution in [0.25, 0.3) is 11.0 Å². The molecule has 0 atom stereocenters. The number of nitrogens with two attached hydrogens (primary N) is 1. The van der Waals surface area contributed by atoms with Gasteiger partial charge in [-0.1, -0.05) is 5.21 Å². The minimum absolute atomic E-state index is 0.367. The Morgan fingerprint density at radius 2 is 1.94 bits per heavy atom. The molecule has 86 valence electrons. The highest BCUT2D eigenvalue weighted by Crippen LogP contribution is 2.16. The molecule has 0 aliphatic carbocycles. The van der Waals surface area contributed by atoms with E-state index < -0.39 is 11.6 Å². The predicted octanol–water partition coefficient (Wildman–Crippen LogP) is 1.45. The van der Waals surface area contributed by atoms with Crippen LogP contribution in [-0.4, -0.2) is 21.5 Å². The molecule has 2 rings (SSSR count). The summed E-state index contributed by atoms with van der Waals surface area (Å²) in [5.41, 5.74) is 6.25. The van der Waals surface area contributed by atoms with Crippen LogP contribution in [0.5, 0.6) is 0 Å². The summed E-state index contributed by atoms with van der Waals surface area (Å²) >= 11 is 0. The first-order chi connectivity index (χ1) is 7.72. The molecule has 1 aromatic carbocycles. The molecule has 0 saturated carbocycles. The van der Waals surface area contributed by atoms with Crippen molar-refractivity contribution in [1.29, 1.82) is 0 Å². The van der Waals surface area contributed by atoms with Crippen molar-refractivity contribution in [3.63, 3.8) is 0 Å². The van der Waals surface area contributed by atoms with Crippen molar-refractivity contribution in [3.05, 3.63) is 23.8 Å². The van der Waals surface area contributed by atoms with E-state index in [1.54, 1.807) is 4.68 Å². The zero-order valence-corrected chi connectivity index (χ0v) is 8.66. The van der Waals surface area contributed by atoms with E-state index in [0.29, 0.717) is 24.1 Å². The van der Waals surface area contributed by atoms with E-state index in [-0.39, 0.29) is 0 Å². The molecule has 4 nitrogen and oxygen atoms in total. The molecule has 0 spiro atoms. The van der Waals surface area contributed by atoms with Crippen molar-refractivity contribution in [2.75, 3.05) is 6.54 Å². The van der Waals surface area contributed by atoms with Gasteiger partial charge in [0, 0.05) is 18.7 Å². The summed E-state index contributed by atoms with van der Waals surface area (Å²) in [5.74, 6) is -1.78. The molecule has 1 heterocycles. The number of rotatable bonds is 4. The monoisotopic (exact) mass is 226 g/mol. The maximum atomic E-state index is 13.0. The first-order valence-electron chi connectivity index (χ1n) is 5.10. The smallest absolute Gasteiger partial charge is 0.161 e. The van der Waals surface area contributed by atoms with Gasteiger partial charge in [-0.05, 0) is 19.4 Å². The average Bonchev–Trinajstić information content (AvgIpc) is 2.63. The fourth-order valence-electron chi connectivity index (χ4n) is 1.53. The van der Waals surface area contributed by atoms with E-state index in [4.69, 9.17) is 5.73 Å². The lowest BCUT2D eigenvalue weighted by Gasteiger charge is -2.01. The van der Waals surface area contributed by atoms with Gasteiger partial charge in [-0.25, -0.2) is 13.5 Å². The fraction of sp³-hybridized carbons (Fsp3) is 0.400. The molecule has 0 bridgehead atoms. The van der Waals surface area contributed by atoms with Gasteiger partial charge in [-0.15, -0.1) is 5.10 Å². The van der Waals surface area contributed by atoms with Crippen LogP contribution in [0.2, 0.25) is 0 Å². The van der Waals surface area contributed by atoms with Gasteiger partial charge < -0.3 is 5.73 Å². The molecule has 1 aromatic heterocycles. The summed E-state index contributed by atoms with van der Waals surface area (Å²) in [7, 11) is 0. The van der Waals surface area contributed by atoms with Crippen LogP contribution in [0.1, 0.15) is 12.8 Å². The maximum absolute atomic E-state index is 13.0. The Morgan fingerprint density at radius 1 is 1.19 bits per heavy atom. The maximum Gasteiger partial charge on any atom is 0.161 e. The van der Waals surface area contributed by atoms with E-state index in [9.17, 15) is 8.78 Å². The number of hydrogen-bond donors (Lipinski definition) is 1. The fourth-order valence-corrected chi connectivity index (χ4v) is 1.53. The Balaban J connectivity index is 2.29. The molecule has 0 radical (unpaired) electrons. The molecule has 0 saturated heterocycles. The summed E-state index contributed by atoms with van der Waals surface area (Å²) in [5, 5.41) is 7.62. The van der Waals surface area contributed by atoms with Crippen molar-refractivity contribution in [3.8, 4) is 0 Å². The van der Waals surface area contributed by atoms with E-state index in [1.165, 1.54) is 0 Å². The highest BCUT2D eigenvalue weighted by Gasteiger charge is 2.09. The van der Waals surface area contributed by atoms with Crippen LogP contribution in [0.15, 0.2) is 12.1 Å². The summed E-state index contributed by atoms with van der Waals surface area (Å²) in [6, 6.07) is 2.17. The highest BCUT2D eigenvalue weighted by atomic mass is 19.2. The molecule has 16 heavy (non-hydrogen) atoms. The van der Waals surface area contributed by atoms with Gasteiger partial charge >= 0.3 is 0 Å². The standard InChI is InChI=1S/C10H12F2N4/c11-7-5-9-10(6-8(7)12)16(15-14-9)4-2-1-3-13/h5-6H,1-4,13H2. The molecule has 0 aliphatic rings. The Kier molecular flexibility index (Phi) is 3.09. The van der Waals surface area contributed by atoms with Crippen molar-refractivity contribution < 1.29 is 8.78 Å². The highest BCUT2D eigenvalue weighted by molar-refractivity contribution is 5.74. The lowest BCUT2D eigenvalue weighted by Crippen LogP contribution is -2.04. The number of nitrogens with zero attached hydrogens (tertiary/aromatic N) is 3. The quantitative estimate of drug-likeness (QED) is 0.803. The predicted molar refractivity (Wildman–Crippen MR) is 55.7 cm³/mol. The van der Waals surface area contributed by atoms with Crippen LogP contribution in [0.3, 0.4) is 0 Å². The van der Waals surface area contributed by atoms with Gasteiger partial charge in [-0.2, -0.15) is 0 Å². The zero-order valence-electron chi connectivity index (χ0n) is 8.66. The summed E-state index contributed by atoms with van der Waals surface area (Å²) in [4.78, 5) is 0. The minimum Gasteiger partial charge on any atom is -0.330 e. The molecular formula is C10H12F2N4. The van der Waals surface area contributed by atoms with E-state index >= 15 is 0 Å². The number of unbranched alkanes of at least 4 members (excludes halogenated alkanes) is 1. The second kappa shape index (κ2) is 4.52. The number of halogens is 2. The van der Waals surface area contributed by atoms with Gasteiger partial charge in [0.2, 0.25) is 0 Å². The third-order valence-electron chi connectivity index (χ3n) is 2.38. The lowest BCUT2D eigenvalue weighted by atomic mass is 10.2. The molecule has 2 aromatic rings. The molecule has 2 N–H and O–H groups in total. The average molecular weight is 226 g/mol. The summed E-state index contributed by atoms with van der Waals surface area (Å²) < 4.78 is 27.5. The summed E-state index contributed by atoms with van der Waals surface area (Å²) in [6.07, 6.45) is 1.71. The Bertz CT molecular complexity index is 495. The Morgan fingerprint density at radius 3 is 2.69 bits per heavy atom. The van der Waals surface area contributed by atoms with Gasteiger partial charge in [0.05, 0.1) is 5.52 Å². The van der Waals surface area contributed by atoms with Crippen LogP contribution in [0, 0.1) is 11.6 Å². The van der Waals surface area contributed by atoms with Crippen molar-refractivity contribution in [1.82, 2.24) is 15.0 Å². The molecule has 0 aliphatic heterocycles. The molecular weight excluding hydrogens is 214 g/mol.